The van der Waals surface area contributed by atoms with Crippen molar-refractivity contribution in [3.05, 3.63) is 77.1 Å². The average Bonchev–Trinajstić information content (AvgIpc) is 2.64. The lowest BCUT2D eigenvalue weighted by Crippen LogP contribution is -2.32. The summed E-state index contributed by atoms with van der Waals surface area (Å²) in [6.07, 6.45) is 3.24. The van der Waals surface area contributed by atoms with Crippen molar-refractivity contribution in [1.82, 2.24) is 19.5 Å². The lowest BCUT2D eigenvalue weighted by atomic mass is 10.2. The topological polar surface area (TPSA) is 93.9 Å². The molecule has 134 valence electrons. The van der Waals surface area contributed by atoms with Gasteiger partial charge in [-0.05, 0) is 36.4 Å². The molecule has 0 amide bonds. The van der Waals surface area contributed by atoms with E-state index in [1.807, 2.05) is 0 Å². The molecule has 7 nitrogen and oxygen atoms in total. The lowest BCUT2D eigenvalue weighted by molar-refractivity contribution is 0.547. The molecular weight excluding hydrogens is 359 g/mol. The van der Waals surface area contributed by atoms with Crippen molar-refractivity contribution in [3.8, 4) is 11.3 Å². The van der Waals surface area contributed by atoms with E-state index in [-0.39, 0.29) is 23.5 Å². The number of rotatable bonds is 6. The van der Waals surface area contributed by atoms with Crippen molar-refractivity contribution in [3.63, 3.8) is 0 Å². The number of hydrogen-bond donors (Lipinski definition) is 1. The van der Waals surface area contributed by atoms with Gasteiger partial charge >= 0.3 is 0 Å². The molecule has 2 heterocycles. The summed E-state index contributed by atoms with van der Waals surface area (Å²) in [7, 11) is -3.87. The van der Waals surface area contributed by atoms with Crippen LogP contribution in [0, 0.1) is 5.82 Å². The molecule has 0 radical (unpaired) electrons. The molecular formula is C17H15FN4O3S. The van der Waals surface area contributed by atoms with E-state index in [0.29, 0.717) is 5.69 Å². The Kier molecular flexibility index (Phi) is 5.19. The molecule has 0 aliphatic rings. The van der Waals surface area contributed by atoms with Gasteiger partial charge in [0.15, 0.2) is 0 Å². The van der Waals surface area contributed by atoms with Crippen LogP contribution in [0.15, 0.2) is 70.6 Å². The predicted molar refractivity (Wildman–Crippen MR) is 93.3 cm³/mol. The maximum atomic E-state index is 13.2. The van der Waals surface area contributed by atoms with Gasteiger partial charge in [-0.3, -0.25) is 9.78 Å². The molecule has 3 rings (SSSR count). The zero-order valence-corrected chi connectivity index (χ0v) is 14.4. The Balaban J connectivity index is 1.73. The summed E-state index contributed by atoms with van der Waals surface area (Å²) in [4.78, 5) is 15.8. The van der Waals surface area contributed by atoms with Gasteiger partial charge in [0.25, 0.3) is 5.56 Å². The summed E-state index contributed by atoms with van der Waals surface area (Å²) in [5, 5.41) is 4.22. The molecule has 26 heavy (non-hydrogen) atoms. The number of nitrogens with one attached hydrogen (secondary N) is 1. The first kappa shape index (κ1) is 17.9. The van der Waals surface area contributed by atoms with Crippen LogP contribution >= 0.6 is 0 Å². The molecule has 0 aliphatic heterocycles. The van der Waals surface area contributed by atoms with E-state index in [2.05, 4.69) is 14.8 Å². The smallest absolute Gasteiger partial charge is 0.266 e. The monoisotopic (exact) mass is 374 g/mol. The lowest BCUT2D eigenvalue weighted by Gasteiger charge is -2.09. The largest absolute Gasteiger partial charge is 0.268 e. The van der Waals surface area contributed by atoms with Crippen molar-refractivity contribution in [1.29, 1.82) is 0 Å². The molecule has 0 atom stereocenters. The average molecular weight is 374 g/mol. The van der Waals surface area contributed by atoms with Crippen LogP contribution < -0.4 is 10.3 Å². The number of sulfonamides is 1. The maximum absolute atomic E-state index is 13.2. The van der Waals surface area contributed by atoms with Gasteiger partial charge in [0.05, 0.1) is 17.1 Å². The van der Waals surface area contributed by atoms with Crippen LogP contribution in [0.3, 0.4) is 0 Å². The van der Waals surface area contributed by atoms with Crippen LogP contribution in [0.5, 0.6) is 0 Å². The maximum Gasteiger partial charge on any atom is 0.266 e. The minimum absolute atomic E-state index is 0.0292. The number of nitrogens with zero attached hydrogens (tertiary/aromatic N) is 3. The third-order valence-corrected chi connectivity index (χ3v) is 5.00. The Labute approximate surface area is 149 Å². The van der Waals surface area contributed by atoms with Crippen molar-refractivity contribution in [2.45, 2.75) is 11.4 Å². The second-order valence-electron chi connectivity index (χ2n) is 5.38. The minimum atomic E-state index is -3.87. The van der Waals surface area contributed by atoms with Crippen molar-refractivity contribution in [2.75, 3.05) is 6.54 Å². The molecule has 0 unspecified atom stereocenters. The summed E-state index contributed by atoms with van der Waals surface area (Å²) in [5.41, 5.74) is 0.926. The van der Waals surface area contributed by atoms with Gasteiger partial charge in [0.1, 0.15) is 5.82 Å². The quantitative estimate of drug-likeness (QED) is 0.704. The van der Waals surface area contributed by atoms with Gasteiger partial charge in [-0.2, -0.15) is 5.10 Å². The highest BCUT2D eigenvalue weighted by molar-refractivity contribution is 7.89. The van der Waals surface area contributed by atoms with E-state index >= 15 is 0 Å². The highest BCUT2D eigenvalue weighted by Crippen LogP contribution is 2.13. The van der Waals surface area contributed by atoms with Gasteiger partial charge in [-0.1, -0.05) is 6.07 Å². The molecule has 0 bridgehead atoms. The zero-order valence-electron chi connectivity index (χ0n) is 13.5. The van der Waals surface area contributed by atoms with Gasteiger partial charge < -0.3 is 0 Å². The number of aromatic nitrogens is 3. The van der Waals surface area contributed by atoms with Crippen LogP contribution in [0.25, 0.3) is 11.3 Å². The molecule has 0 fully saturated rings. The highest BCUT2D eigenvalue weighted by Gasteiger charge is 2.14. The first-order valence-electron chi connectivity index (χ1n) is 7.69. The summed E-state index contributed by atoms with van der Waals surface area (Å²) in [6, 6.07) is 11.2. The van der Waals surface area contributed by atoms with Gasteiger partial charge in [-0.15, -0.1) is 0 Å². The van der Waals surface area contributed by atoms with E-state index in [1.165, 1.54) is 18.2 Å². The standard InChI is InChI=1S/C17H15FN4O3S/c18-14-4-1-5-15(11-14)26(24,25)20-9-10-22-17(23)7-6-16(21-22)13-3-2-8-19-12-13/h1-8,11-12,20H,9-10H2. The molecule has 0 saturated carbocycles. The molecule has 0 spiro atoms. The third-order valence-electron chi connectivity index (χ3n) is 3.55. The summed E-state index contributed by atoms with van der Waals surface area (Å²) < 4.78 is 41.0. The van der Waals surface area contributed by atoms with E-state index in [4.69, 9.17) is 0 Å². The highest BCUT2D eigenvalue weighted by atomic mass is 32.2. The first-order chi connectivity index (χ1) is 12.5. The Morgan fingerprint density at radius 2 is 1.96 bits per heavy atom. The van der Waals surface area contributed by atoms with Crippen LogP contribution in [0.4, 0.5) is 4.39 Å². The Bertz CT molecular complexity index is 1070. The van der Waals surface area contributed by atoms with Crippen molar-refractivity contribution in [2.24, 2.45) is 0 Å². The first-order valence-corrected chi connectivity index (χ1v) is 9.18. The fourth-order valence-corrected chi connectivity index (χ4v) is 3.33. The Morgan fingerprint density at radius 3 is 2.69 bits per heavy atom. The van der Waals surface area contributed by atoms with Crippen molar-refractivity contribution < 1.29 is 12.8 Å². The van der Waals surface area contributed by atoms with E-state index < -0.39 is 15.8 Å². The molecule has 1 aromatic carbocycles. The molecule has 9 heteroatoms. The number of halogens is 1. The van der Waals surface area contributed by atoms with Crippen LogP contribution in [0.2, 0.25) is 0 Å². The Morgan fingerprint density at radius 1 is 1.12 bits per heavy atom. The van der Waals surface area contributed by atoms with E-state index in [9.17, 15) is 17.6 Å². The molecule has 1 N–H and O–H groups in total. The van der Waals surface area contributed by atoms with Gasteiger partial charge in [-0.25, -0.2) is 22.2 Å². The fourth-order valence-electron chi connectivity index (χ4n) is 2.28. The van der Waals surface area contributed by atoms with Crippen LogP contribution in [-0.2, 0) is 16.6 Å². The fraction of sp³-hybridized carbons (Fsp3) is 0.118. The number of hydrogen-bond acceptors (Lipinski definition) is 5. The SMILES string of the molecule is O=c1ccc(-c2cccnc2)nn1CCNS(=O)(=O)c1cccc(F)c1. The minimum Gasteiger partial charge on any atom is -0.268 e. The van der Waals surface area contributed by atoms with Gasteiger partial charge in [0.2, 0.25) is 10.0 Å². The van der Waals surface area contributed by atoms with Crippen LogP contribution in [-0.4, -0.2) is 29.7 Å². The molecule has 3 aromatic rings. The molecule has 0 aliphatic carbocycles. The zero-order chi connectivity index (χ0) is 18.6. The number of benzene rings is 1. The summed E-state index contributed by atoms with van der Waals surface area (Å²) in [5.74, 6) is -0.644. The normalized spacial score (nSPS) is 11.4. The molecule has 0 saturated heterocycles. The third kappa shape index (κ3) is 4.19. The Hall–Kier alpha value is -2.91. The van der Waals surface area contributed by atoms with Crippen LogP contribution in [0.1, 0.15) is 0 Å². The molecule has 2 aromatic heterocycles. The van der Waals surface area contributed by atoms with E-state index in [0.717, 1.165) is 22.4 Å². The second kappa shape index (κ2) is 7.54. The number of pyridine rings is 1. The van der Waals surface area contributed by atoms with Crippen molar-refractivity contribution >= 4 is 10.0 Å². The summed E-state index contributed by atoms with van der Waals surface area (Å²) in [6.45, 7) is -0.0380. The van der Waals surface area contributed by atoms with E-state index in [1.54, 1.807) is 30.6 Å². The second-order valence-corrected chi connectivity index (χ2v) is 7.14. The van der Waals surface area contributed by atoms with Gasteiger partial charge in [0, 0.05) is 30.6 Å². The summed E-state index contributed by atoms with van der Waals surface area (Å²) >= 11 is 0. The predicted octanol–water partition coefficient (Wildman–Crippen LogP) is 1.42.